The van der Waals surface area contributed by atoms with Gasteiger partial charge >= 0.3 is 5.97 Å². The summed E-state index contributed by atoms with van der Waals surface area (Å²) in [6, 6.07) is 15.6. The Labute approximate surface area is 180 Å². The lowest BCUT2D eigenvalue weighted by molar-refractivity contribution is -0.134. The molecule has 2 atom stereocenters. The van der Waals surface area contributed by atoms with Gasteiger partial charge < -0.3 is 9.47 Å². The molecule has 4 heteroatoms. The highest BCUT2D eigenvalue weighted by molar-refractivity contribution is 6.30. The van der Waals surface area contributed by atoms with E-state index in [4.69, 9.17) is 21.1 Å². The van der Waals surface area contributed by atoms with Crippen molar-refractivity contribution in [3.05, 3.63) is 48.5 Å². The molecule has 0 aliphatic carbocycles. The fourth-order valence-corrected chi connectivity index (χ4v) is 3.19. The number of alkyl halides is 1. The Hall–Kier alpha value is -2.00. The standard InChI is InChI=1S/C25H33ClO3/c1-4-6-7-8-9-18-28-22-14-10-20(11-15-22)21-12-16-23(17-13-21)29-25(27)24(26)19(3)5-2/h10-17,19,24H,4-9,18H2,1-3H3/t19-,24-/m0/s1. The summed E-state index contributed by atoms with van der Waals surface area (Å²) in [5, 5.41) is -0.626. The molecule has 3 nitrogen and oxygen atoms in total. The minimum Gasteiger partial charge on any atom is -0.494 e. The number of carbonyl (C=O) groups excluding carboxylic acids is 1. The van der Waals surface area contributed by atoms with E-state index < -0.39 is 11.3 Å². The molecule has 0 N–H and O–H groups in total. The van der Waals surface area contributed by atoms with Crippen molar-refractivity contribution in [2.75, 3.05) is 6.61 Å². The number of unbranched alkanes of at least 4 members (excludes halogenated alkanes) is 4. The quantitative estimate of drug-likeness (QED) is 0.158. The molecular formula is C25H33ClO3. The molecule has 0 fully saturated rings. The summed E-state index contributed by atoms with van der Waals surface area (Å²) in [5.74, 6) is 1.09. The van der Waals surface area contributed by atoms with Crippen LogP contribution in [0.3, 0.4) is 0 Å². The van der Waals surface area contributed by atoms with Gasteiger partial charge in [-0.25, -0.2) is 0 Å². The second-order valence-corrected chi connectivity index (χ2v) is 7.99. The van der Waals surface area contributed by atoms with Crippen LogP contribution >= 0.6 is 11.6 Å². The molecule has 158 valence electrons. The number of esters is 1. The van der Waals surface area contributed by atoms with E-state index in [0.717, 1.165) is 36.3 Å². The molecular weight excluding hydrogens is 384 g/mol. The molecule has 0 aliphatic heterocycles. The Balaban J connectivity index is 1.85. The molecule has 0 saturated heterocycles. The van der Waals surface area contributed by atoms with Gasteiger partial charge in [-0.1, -0.05) is 77.1 Å². The summed E-state index contributed by atoms with van der Waals surface area (Å²) >= 11 is 6.16. The summed E-state index contributed by atoms with van der Waals surface area (Å²) in [4.78, 5) is 12.1. The zero-order chi connectivity index (χ0) is 21.1. The van der Waals surface area contributed by atoms with E-state index in [2.05, 4.69) is 6.92 Å². The van der Waals surface area contributed by atoms with Gasteiger partial charge in [0, 0.05) is 0 Å². The molecule has 0 heterocycles. The van der Waals surface area contributed by atoms with Crippen molar-refractivity contribution < 1.29 is 14.3 Å². The number of rotatable bonds is 12. The van der Waals surface area contributed by atoms with E-state index in [9.17, 15) is 4.79 Å². The zero-order valence-corrected chi connectivity index (χ0v) is 18.6. The summed E-state index contributed by atoms with van der Waals surface area (Å²) in [7, 11) is 0. The van der Waals surface area contributed by atoms with Crippen molar-refractivity contribution >= 4 is 17.6 Å². The summed E-state index contributed by atoms with van der Waals surface area (Å²) < 4.78 is 11.2. The Kier molecular flexibility index (Phi) is 10.1. The maximum atomic E-state index is 12.1. The van der Waals surface area contributed by atoms with E-state index in [-0.39, 0.29) is 5.92 Å². The lowest BCUT2D eigenvalue weighted by Crippen LogP contribution is -2.26. The van der Waals surface area contributed by atoms with Crippen LogP contribution in [0.5, 0.6) is 11.5 Å². The molecule has 0 spiro atoms. The highest BCUT2D eigenvalue weighted by atomic mass is 35.5. The van der Waals surface area contributed by atoms with Crippen LogP contribution in [-0.2, 0) is 4.79 Å². The maximum absolute atomic E-state index is 12.1. The van der Waals surface area contributed by atoms with E-state index >= 15 is 0 Å². The van der Waals surface area contributed by atoms with Gasteiger partial charge in [-0.2, -0.15) is 0 Å². The van der Waals surface area contributed by atoms with Gasteiger partial charge in [-0.15, -0.1) is 11.6 Å². The van der Waals surface area contributed by atoms with Crippen LogP contribution in [0, 0.1) is 5.92 Å². The van der Waals surface area contributed by atoms with E-state index in [1.807, 2.05) is 50.2 Å². The van der Waals surface area contributed by atoms with Crippen molar-refractivity contribution in [1.29, 1.82) is 0 Å². The normalized spacial score (nSPS) is 13.0. The fraction of sp³-hybridized carbons (Fsp3) is 0.480. The maximum Gasteiger partial charge on any atom is 0.329 e. The average molecular weight is 417 g/mol. The first-order valence-electron chi connectivity index (χ1n) is 10.7. The highest BCUT2D eigenvalue weighted by Crippen LogP contribution is 2.25. The molecule has 0 bridgehead atoms. The molecule has 29 heavy (non-hydrogen) atoms. The van der Waals surface area contributed by atoms with E-state index in [1.54, 1.807) is 12.1 Å². The molecule has 2 rings (SSSR count). The van der Waals surface area contributed by atoms with Crippen molar-refractivity contribution in [2.45, 2.75) is 64.7 Å². The number of benzene rings is 2. The Morgan fingerprint density at radius 2 is 1.41 bits per heavy atom. The highest BCUT2D eigenvalue weighted by Gasteiger charge is 2.23. The lowest BCUT2D eigenvalue weighted by Gasteiger charge is -2.15. The van der Waals surface area contributed by atoms with Gasteiger partial charge in [0.15, 0.2) is 0 Å². The van der Waals surface area contributed by atoms with Gasteiger partial charge in [-0.3, -0.25) is 4.79 Å². The van der Waals surface area contributed by atoms with Gasteiger partial charge in [0.25, 0.3) is 0 Å². The SMILES string of the molecule is CCCCCCCOc1ccc(-c2ccc(OC(=O)[C@@H](Cl)[C@@H](C)CC)cc2)cc1. The number of hydrogen-bond donors (Lipinski definition) is 0. The third-order valence-electron chi connectivity index (χ3n) is 5.15. The van der Waals surface area contributed by atoms with Gasteiger partial charge in [0.2, 0.25) is 0 Å². The minimum absolute atomic E-state index is 0.0838. The second-order valence-electron chi connectivity index (χ2n) is 7.52. The largest absolute Gasteiger partial charge is 0.494 e. The minimum atomic E-state index is -0.626. The average Bonchev–Trinajstić information content (AvgIpc) is 2.76. The number of carbonyl (C=O) groups is 1. The first kappa shape index (κ1) is 23.3. The topological polar surface area (TPSA) is 35.5 Å². The number of halogens is 1. The van der Waals surface area contributed by atoms with Gasteiger partial charge in [0.1, 0.15) is 16.9 Å². The van der Waals surface area contributed by atoms with Crippen molar-refractivity contribution in [3.8, 4) is 22.6 Å². The van der Waals surface area contributed by atoms with E-state index in [0.29, 0.717) is 5.75 Å². The van der Waals surface area contributed by atoms with Crippen LogP contribution in [0.1, 0.15) is 59.3 Å². The zero-order valence-electron chi connectivity index (χ0n) is 17.8. The third kappa shape index (κ3) is 7.74. The van der Waals surface area contributed by atoms with Crippen molar-refractivity contribution in [3.63, 3.8) is 0 Å². The van der Waals surface area contributed by atoms with Crippen molar-refractivity contribution in [1.82, 2.24) is 0 Å². The predicted octanol–water partition coefficient (Wildman–Crippen LogP) is 7.26. The number of hydrogen-bond acceptors (Lipinski definition) is 3. The van der Waals surface area contributed by atoms with Crippen LogP contribution in [0.4, 0.5) is 0 Å². The number of ether oxygens (including phenoxy) is 2. The monoisotopic (exact) mass is 416 g/mol. The van der Waals surface area contributed by atoms with Crippen LogP contribution in [0.15, 0.2) is 48.5 Å². The Morgan fingerprint density at radius 1 is 0.862 bits per heavy atom. The van der Waals surface area contributed by atoms with Crippen LogP contribution in [0.2, 0.25) is 0 Å². The van der Waals surface area contributed by atoms with Crippen molar-refractivity contribution in [2.24, 2.45) is 5.92 Å². The van der Waals surface area contributed by atoms with Gasteiger partial charge in [-0.05, 0) is 47.7 Å². The molecule has 0 amide bonds. The fourth-order valence-electron chi connectivity index (χ4n) is 2.97. The van der Waals surface area contributed by atoms with Crippen LogP contribution < -0.4 is 9.47 Å². The second kappa shape index (κ2) is 12.5. The first-order valence-corrected chi connectivity index (χ1v) is 11.2. The predicted molar refractivity (Wildman–Crippen MR) is 121 cm³/mol. The Morgan fingerprint density at radius 3 is 1.97 bits per heavy atom. The van der Waals surface area contributed by atoms with Crippen LogP contribution in [-0.4, -0.2) is 18.0 Å². The first-order chi connectivity index (χ1) is 14.0. The molecule has 2 aromatic carbocycles. The van der Waals surface area contributed by atoms with Gasteiger partial charge in [0.05, 0.1) is 6.61 Å². The molecule has 0 saturated carbocycles. The summed E-state index contributed by atoms with van der Waals surface area (Å²) in [6.07, 6.45) is 7.01. The third-order valence-corrected chi connectivity index (χ3v) is 5.75. The molecule has 0 aromatic heterocycles. The lowest BCUT2D eigenvalue weighted by atomic mass is 10.0. The molecule has 0 radical (unpaired) electrons. The molecule has 0 unspecified atom stereocenters. The molecule has 2 aromatic rings. The smallest absolute Gasteiger partial charge is 0.329 e. The summed E-state index contributed by atoms with van der Waals surface area (Å²) in [5.41, 5.74) is 2.15. The van der Waals surface area contributed by atoms with E-state index in [1.165, 1.54) is 25.7 Å². The Bertz CT molecular complexity index is 725. The van der Waals surface area contributed by atoms with Crippen LogP contribution in [0.25, 0.3) is 11.1 Å². The molecule has 0 aliphatic rings. The summed E-state index contributed by atoms with van der Waals surface area (Å²) in [6.45, 7) is 6.94.